The molecule has 2 rings (SSSR count). The van der Waals surface area contributed by atoms with Crippen molar-refractivity contribution in [1.82, 2.24) is 5.06 Å². The highest BCUT2D eigenvalue weighted by Crippen LogP contribution is 2.51. The molecule has 0 radical (unpaired) electrons. The standard InChI is InChI=1S/C14H19NO6/c1-4-5-8-6-7-9(16)10(17)14(8)11(18)13(2,20)15(21-3)12(14)19/h5-7,10-11,17-18,20H,4H2,1-3H3/b8-5-/t10-,11+,13?,14-/m1/s1. The molecule has 1 unspecified atom stereocenters. The minimum absolute atomic E-state index is 0.287. The maximum absolute atomic E-state index is 12.7. The van der Waals surface area contributed by atoms with Crippen LogP contribution >= 0.6 is 0 Å². The number of hydroxylamine groups is 2. The molecule has 2 aliphatic rings. The first-order valence-electron chi connectivity index (χ1n) is 6.66. The van der Waals surface area contributed by atoms with Crippen molar-refractivity contribution >= 4 is 11.7 Å². The quantitative estimate of drug-likeness (QED) is 0.621. The molecule has 0 aromatic rings. The molecule has 1 amide bonds. The van der Waals surface area contributed by atoms with Gasteiger partial charge in [0.15, 0.2) is 11.5 Å². The van der Waals surface area contributed by atoms with Crippen LogP contribution in [0, 0.1) is 5.41 Å². The van der Waals surface area contributed by atoms with E-state index in [0.29, 0.717) is 11.5 Å². The Hall–Kier alpha value is -1.54. The Labute approximate surface area is 122 Å². The molecule has 0 saturated carbocycles. The number of carbonyl (C=O) groups is 2. The number of nitrogens with zero attached hydrogens (tertiary/aromatic N) is 1. The number of amides is 1. The van der Waals surface area contributed by atoms with Crippen LogP contribution in [0.2, 0.25) is 0 Å². The van der Waals surface area contributed by atoms with Crippen molar-refractivity contribution in [1.29, 1.82) is 0 Å². The monoisotopic (exact) mass is 297 g/mol. The molecule has 1 fully saturated rings. The Morgan fingerprint density at radius 2 is 2.00 bits per heavy atom. The summed E-state index contributed by atoms with van der Waals surface area (Å²) in [6.45, 7) is 3.00. The van der Waals surface area contributed by atoms with E-state index in [2.05, 4.69) is 0 Å². The molecule has 1 saturated heterocycles. The van der Waals surface area contributed by atoms with Crippen molar-refractivity contribution < 1.29 is 29.7 Å². The lowest BCUT2D eigenvalue weighted by molar-refractivity contribution is -0.262. The molecule has 4 atom stereocenters. The normalized spacial score (nSPS) is 41.6. The zero-order valence-corrected chi connectivity index (χ0v) is 12.1. The van der Waals surface area contributed by atoms with Crippen LogP contribution in [0.4, 0.5) is 0 Å². The van der Waals surface area contributed by atoms with E-state index in [9.17, 15) is 24.9 Å². The van der Waals surface area contributed by atoms with E-state index in [0.717, 1.165) is 13.2 Å². The second-order valence-corrected chi connectivity index (χ2v) is 5.35. The van der Waals surface area contributed by atoms with E-state index >= 15 is 0 Å². The fraction of sp³-hybridized carbons (Fsp3) is 0.571. The van der Waals surface area contributed by atoms with Crippen molar-refractivity contribution in [2.75, 3.05) is 7.11 Å². The van der Waals surface area contributed by atoms with Crippen molar-refractivity contribution in [3.8, 4) is 0 Å². The average molecular weight is 297 g/mol. The minimum atomic E-state index is -2.06. The lowest BCUT2D eigenvalue weighted by atomic mass is 9.66. The zero-order valence-electron chi connectivity index (χ0n) is 12.1. The Morgan fingerprint density at radius 3 is 2.48 bits per heavy atom. The van der Waals surface area contributed by atoms with Crippen LogP contribution in [-0.2, 0) is 14.4 Å². The summed E-state index contributed by atoms with van der Waals surface area (Å²) in [7, 11) is 1.16. The Balaban J connectivity index is 2.72. The SMILES string of the molecule is CC/C=C1/C=CC(=O)[C@@H](O)[C@]12C(=O)N(OC)C(C)(O)[C@@H]2O. The second-order valence-electron chi connectivity index (χ2n) is 5.35. The highest BCUT2D eigenvalue weighted by Gasteiger charge is 2.71. The van der Waals surface area contributed by atoms with Gasteiger partial charge in [-0.2, -0.15) is 5.06 Å². The fourth-order valence-electron chi connectivity index (χ4n) is 3.09. The number of hydrogen-bond acceptors (Lipinski definition) is 6. The third-order valence-corrected chi connectivity index (χ3v) is 4.11. The fourth-order valence-corrected chi connectivity index (χ4v) is 3.09. The summed E-state index contributed by atoms with van der Waals surface area (Å²) in [6, 6.07) is 0. The molecule has 1 spiro atoms. The first-order valence-corrected chi connectivity index (χ1v) is 6.66. The number of hydrogen-bond donors (Lipinski definition) is 3. The van der Waals surface area contributed by atoms with Gasteiger partial charge in [-0.15, -0.1) is 0 Å². The Morgan fingerprint density at radius 1 is 1.38 bits per heavy atom. The second kappa shape index (κ2) is 5.03. The minimum Gasteiger partial charge on any atom is -0.386 e. The molecule has 7 nitrogen and oxygen atoms in total. The van der Waals surface area contributed by atoms with E-state index in [4.69, 9.17) is 4.84 Å². The smallest absolute Gasteiger partial charge is 0.265 e. The van der Waals surface area contributed by atoms with Crippen LogP contribution in [0.5, 0.6) is 0 Å². The largest absolute Gasteiger partial charge is 0.386 e. The first-order chi connectivity index (χ1) is 9.76. The summed E-state index contributed by atoms with van der Waals surface area (Å²) in [6.07, 6.45) is 1.19. The van der Waals surface area contributed by atoms with E-state index in [-0.39, 0.29) is 5.57 Å². The van der Waals surface area contributed by atoms with Gasteiger partial charge in [-0.3, -0.25) is 14.4 Å². The zero-order chi connectivity index (χ0) is 16.0. The van der Waals surface area contributed by atoms with Gasteiger partial charge in [0, 0.05) is 0 Å². The predicted octanol–water partition coefficient (Wildman–Crippen LogP) is -0.718. The van der Waals surface area contributed by atoms with Gasteiger partial charge in [-0.25, -0.2) is 0 Å². The molecular formula is C14H19NO6. The number of aliphatic hydroxyl groups excluding tert-OH is 2. The predicted molar refractivity (Wildman–Crippen MR) is 71.4 cm³/mol. The molecule has 116 valence electrons. The van der Waals surface area contributed by atoms with Gasteiger partial charge in [0.2, 0.25) is 0 Å². The highest BCUT2D eigenvalue weighted by molar-refractivity contribution is 6.04. The van der Waals surface area contributed by atoms with Crippen LogP contribution in [0.25, 0.3) is 0 Å². The third kappa shape index (κ3) is 1.82. The summed E-state index contributed by atoms with van der Waals surface area (Å²) in [5, 5.41) is 31.8. The maximum Gasteiger partial charge on any atom is 0.265 e. The summed E-state index contributed by atoms with van der Waals surface area (Å²) < 4.78 is 0. The molecule has 1 aliphatic heterocycles. The van der Waals surface area contributed by atoms with Gasteiger partial charge in [-0.05, 0) is 25.0 Å². The van der Waals surface area contributed by atoms with Crippen LogP contribution in [0.3, 0.4) is 0 Å². The number of rotatable bonds is 2. The van der Waals surface area contributed by atoms with Crippen LogP contribution < -0.4 is 0 Å². The van der Waals surface area contributed by atoms with Gasteiger partial charge in [0.05, 0.1) is 7.11 Å². The van der Waals surface area contributed by atoms with Crippen molar-refractivity contribution in [2.45, 2.75) is 38.2 Å². The molecule has 0 bridgehead atoms. The molecule has 1 heterocycles. The molecule has 0 aromatic heterocycles. The lowest BCUT2D eigenvalue weighted by Crippen LogP contribution is -2.56. The third-order valence-electron chi connectivity index (χ3n) is 4.11. The van der Waals surface area contributed by atoms with Crippen LogP contribution in [-0.4, -0.2) is 57.1 Å². The molecule has 1 aliphatic carbocycles. The summed E-state index contributed by atoms with van der Waals surface area (Å²) in [5.74, 6) is -1.56. The number of allylic oxidation sites excluding steroid dienone is 2. The first kappa shape index (κ1) is 15.8. The van der Waals surface area contributed by atoms with Gasteiger partial charge in [0.25, 0.3) is 5.91 Å². The van der Waals surface area contributed by atoms with E-state index in [1.807, 2.05) is 6.92 Å². The molecule has 7 heteroatoms. The number of carbonyl (C=O) groups excluding carboxylic acids is 2. The molecular weight excluding hydrogens is 278 g/mol. The molecule has 0 aromatic carbocycles. The highest BCUT2D eigenvalue weighted by atomic mass is 16.7. The Bertz CT molecular complexity index is 538. The topological polar surface area (TPSA) is 107 Å². The van der Waals surface area contributed by atoms with E-state index in [1.165, 1.54) is 13.0 Å². The summed E-state index contributed by atoms with van der Waals surface area (Å²) >= 11 is 0. The van der Waals surface area contributed by atoms with E-state index in [1.54, 1.807) is 6.08 Å². The molecule has 21 heavy (non-hydrogen) atoms. The lowest BCUT2D eigenvalue weighted by Gasteiger charge is -2.38. The van der Waals surface area contributed by atoms with Gasteiger partial charge in [-0.1, -0.05) is 19.1 Å². The van der Waals surface area contributed by atoms with Crippen molar-refractivity contribution in [3.63, 3.8) is 0 Å². The van der Waals surface area contributed by atoms with Gasteiger partial charge in [0.1, 0.15) is 17.6 Å². The maximum atomic E-state index is 12.7. The van der Waals surface area contributed by atoms with Gasteiger partial charge >= 0.3 is 0 Å². The molecule has 3 N–H and O–H groups in total. The van der Waals surface area contributed by atoms with Crippen LogP contribution in [0.15, 0.2) is 23.8 Å². The van der Waals surface area contributed by atoms with Gasteiger partial charge < -0.3 is 15.3 Å². The summed E-state index contributed by atoms with van der Waals surface area (Å²) in [4.78, 5) is 29.4. The summed E-state index contributed by atoms with van der Waals surface area (Å²) in [5.41, 5.74) is -3.73. The number of ketones is 1. The van der Waals surface area contributed by atoms with Crippen LogP contribution in [0.1, 0.15) is 20.3 Å². The van der Waals surface area contributed by atoms with E-state index < -0.39 is 35.0 Å². The average Bonchev–Trinajstić information content (AvgIpc) is 2.57. The Kier molecular flexibility index (Phi) is 3.79. The van der Waals surface area contributed by atoms with Crippen molar-refractivity contribution in [3.05, 3.63) is 23.8 Å². The number of aliphatic hydroxyl groups is 3. The van der Waals surface area contributed by atoms with Crippen molar-refractivity contribution in [2.24, 2.45) is 5.41 Å².